The van der Waals surface area contributed by atoms with Crippen molar-refractivity contribution in [3.8, 4) is 5.75 Å². The van der Waals surface area contributed by atoms with E-state index in [-0.39, 0.29) is 11.3 Å². The van der Waals surface area contributed by atoms with E-state index in [1.807, 2.05) is 0 Å². The summed E-state index contributed by atoms with van der Waals surface area (Å²) in [6.07, 6.45) is 0. The van der Waals surface area contributed by atoms with Crippen LogP contribution in [0.5, 0.6) is 5.75 Å². The molecule has 2 aromatic carbocycles. The fraction of sp³-hybridized carbons (Fsp3) is 0.125. The van der Waals surface area contributed by atoms with Crippen molar-refractivity contribution in [2.24, 2.45) is 0 Å². The van der Waals surface area contributed by atoms with Crippen molar-refractivity contribution in [1.29, 1.82) is 0 Å². The summed E-state index contributed by atoms with van der Waals surface area (Å²) in [5.41, 5.74) is 0.919. The minimum Gasteiger partial charge on any atom is -0.465 e. The van der Waals surface area contributed by atoms with Gasteiger partial charge in [0.1, 0.15) is 11.6 Å². The third kappa shape index (κ3) is 3.45. The molecule has 0 saturated carbocycles. The van der Waals surface area contributed by atoms with Gasteiger partial charge in [-0.05, 0) is 48.9 Å². The van der Waals surface area contributed by atoms with E-state index in [1.165, 1.54) is 43.5 Å². The normalized spacial score (nSPS) is 10.0. The van der Waals surface area contributed by atoms with Gasteiger partial charge in [-0.1, -0.05) is 6.07 Å². The van der Waals surface area contributed by atoms with Crippen LogP contribution in [0.15, 0.2) is 42.5 Å². The Morgan fingerprint density at radius 1 is 0.952 bits per heavy atom. The van der Waals surface area contributed by atoms with Gasteiger partial charge in [0.2, 0.25) is 0 Å². The first kappa shape index (κ1) is 14.7. The number of benzene rings is 2. The number of carbonyl (C=O) groups is 2. The second-order valence-corrected chi connectivity index (χ2v) is 4.37. The molecule has 0 aliphatic carbocycles. The molecule has 0 unspecified atom stereocenters. The van der Waals surface area contributed by atoms with Crippen molar-refractivity contribution < 1.29 is 23.5 Å². The molecular weight excluding hydrogens is 275 g/mol. The van der Waals surface area contributed by atoms with Crippen LogP contribution in [0.4, 0.5) is 4.39 Å². The quantitative estimate of drug-likeness (QED) is 0.643. The molecule has 0 saturated heterocycles. The molecule has 0 aromatic heterocycles. The second-order valence-electron chi connectivity index (χ2n) is 4.37. The topological polar surface area (TPSA) is 52.6 Å². The van der Waals surface area contributed by atoms with E-state index < -0.39 is 17.8 Å². The van der Waals surface area contributed by atoms with E-state index in [9.17, 15) is 14.0 Å². The average Bonchev–Trinajstić information content (AvgIpc) is 2.50. The van der Waals surface area contributed by atoms with Crippen molar-refractivity contribution in [1.82, 2.24) is 0 Å². The van der Waals surface area contributed by atoms with E-state index in [0.29, 0.717) is 11.1 Å². The molecule has 0 spiro atoms. The number of ether oxygens (including phenoxy) is 2. The second kappa shape index (κ2) is 6.17. The predicted molar refractivity (Wildman–Crippen MR) is 73.9 cm³/mol. The number of methoxy groups -OCH3 is 1. The fourth-order valence-corrected chi connectivity index (χ4v) is 1.66. The van der Waals surface area contributed by atoms with Crippen LogP contribution in [-0.4, -0.2) is 19.0 Å². The summed E-state index contributed by atoms with van der Waals surface area (Å²) in [6, 6.07) is 10.0. The Bertz CT molecular complexity index is 677. The number of hydrogen-bond donors (Lipinski definition) is 0. The van der Waals surface area contributed by atoms with Crippen LogP contribution < -0.4 is 4.74 Å². The molecule has 2 rings (SSSR count). The molecular formula is C16H13FO4. The number of halogens is 1. The minimum absolute atomic E-state index is 0.121. The fourth-order valence-electron chi connectivity index (χ4n) is 1.66. The van der Waals surface area contributed by atoms with Crippen molar-refractivity contribution in [2.45, 2.75) is 6.92 Å². The molecule has 0 aliphatic rings. The van der Waals surface area contributed by atoms with E-state index in [1.54, 1.807) is 6.92 Å². The number of aryl methyl sites for hydroxylation is 1. The maximum absolute atomic E-state index is 13.4. The Balaban J connectivity index is 2.12. The van der Waals surface area contributed by atoms with Crippen molar-refractivity contribution >= 4 is 11.9 Å². The first-order valence-electron chi connectivity index (χ1n) is 6.18. The number of hydrogen-bond acceptors (Lipinski definition) is 4. The lowest BCUT2D eigenvalue weighted by Crippen LogP contribution is -2.09. The molecule has 0 heterocycles. The molecule has 108 valence electrons. The van der Waals surface area contributed by atoms with Gasteiger partial charge in [-0.25, -0.2) is 14.0 Å². The lowest BCUT2D eigenvalue weighted by atomic mass is 10.1. The summed E-state index contributed by atoms with van der Waals surface area (Å²) in [5.74, 6) is -1.35. The summed E-state index contributed by atoms with van der Waals surface area (Å²) in [5, 5.41) is 0. The summed E-state index contributed by atoms with van der Waals surface area (Å²) < 4.78 is 23.1. The van der Waals surface area contributed by atoms with Crippen LogP contribution in [0, 0.1) is 12.7 Å². The van der Waals surface area contributed by atoms with Gasteiger partial charge in [0.15, 0.2) is 0 Å². The Labute approximate surface area is 121 Å². The molecule has 0 fully saturated rings. The lowest BCUT2D eigenvalue weighted by Gasteiger charge is -2.06. The van der Waals surface area contributed by atoms with Crippen LogP contribution in [0.3, 0.4) is 0 Å². The Morgan fingerprint density at radius 2 is 1.57 bits per heavy atom. The van der Waals surface area contributed by atoms with Crippen LogP contribution in [0.2, 0.25) is 0 Å². The summed E-state index contributed by atoms with van der Waals surface area (Å²) in [7, 11) is 1.28. The third-order valence-electron chi connectivity index (χ3n) is 2.89. The SMILES string of the molecule is COC(=O)c1ccc(OC(=O)c2ccc(C)c(F)c2)cc1. The van der Waals surface area contributed by atoms with Gasteiger partial charge in [-0.2, -0.15) is 0 Å². The highest BCUT2D eigenvalue weighted by Gasteiger charge is 2.11. The number of esters is 2. The van der Waals surface area contributed by atoms with Gasteiger partial charge in [-0.15, -0.1) is 0 Å². The third-order valence-corrected chi connectivity index (χ3v) is 2.89. The molecule has 0 amide bonds. The van der Waals surface area contributed by atoms with Crippen LogP contribution >= 0.6 is 0 Å². The maximum Gasteiger partial charge on any atom is 0.343 e. The standard InChI is InChI=1S/C16H13FO4/c1-10-3-4-12(9-14(10)17)16(19)21-13-7-5-11(6-8-13)15(18)20-2/h3-9H,1-2H3. The number of carbonyl (C=O) groups excluding carboxylic acids is 2. The van der Waals surface area contributed by atoms with Gasteiger partial charge in [-0.3, -0.25) is 0 Å². The first-order chi connectivity index (χ1) is 10.0. The molecule has 0 radical (unpaired) electrons. The zero-order valence-electron chi connectivity index (χ0n) is 11.6. The van der Waals surface area contributed by atoms with Crippen molar-refractivity contribution in [3.05, 3.63) is 65.0 Å². The predicted octanol–water partition coefficient (Wildman–Crippen LogP) is 3.14. The van der Waals surface area contributed by atoms with Crippen LogP contribution in [0.25, 0.3) is 0 Å². The molecule has 0 aliphatic heterocycles. The molecule has 0 N–H and O–H groups in total. The first-order valence-corrected chi connectivity index (χ1v) is 6.18. The Hall–Kier alpha value is -2.69. The molecule has 4 nitrogen and oxygen atoms in total. The summed E-state index contributed by atoms with van der Waals surface area (Å²) in [4.78, 5) is 23.1. The molecule has 0 atom stereocenters. The summed E-state index contributed by atoms with van der Waals surface area (Å²) in [6.45, 7) is 1.61. The van der Waals surface area contributed by atoms with E-state index in [4.69, 9.17) is 4.74 Å². The highest BCUT2D eigenvalue weighted by molar-refractivity contribution is 5.92. The number of rotatable bonds is 3. The minimum atomic E-state index is -0.667. The summed E-state index contributed by atoms with van der Waals surface area (Å²) >= 11 is 0. The van der Waals surface area contributed by atoms with Crippen LogP contribution in [-0.2, 0) is 4.74 Å². The zero-order valence-corrected chi connectivity index (χ0v) is 11.6. The van der Waals surface area contributed by atoms with Gasteiger partial charge < -0.3 is 9.47 Å². The molecule has 2 aromatic rings. The van der Waals surface area contributed by atoms with Crippen molar-refractivity contribution in [3.63, 3.8) is 0 Å². The largest absolute Gasteiger partial charge is 0.465 e. The lowest BCUT2D eigenvalue weighted by molar-refractivity contribution is 0.0600. The highest BCUT2D eigenvalue weighted by Crippen LogP contribution is 2.16. The molecule has 5 heteroatoms. The average molecular weight is 288 g/mol. The van der Waals surface area contributed by atoms with Gasteiger partial charge in [0.25, 0.3) is 0 Å². The van der Waals surface area contributed by atoms with Crippen LogP contribution in [0.1, 0.15) is 26.3 Å². The van der Waals surface area contributed by atoms with Gasteiger partial charge in [0.05, 0.1) is 18.2 Å². The zero-order chi connectivity index (χ0) is 15.4. The van der Waals surface area contributed by atoms with E-state index in [2.05, 4.69) is 4.74 Å². The maximum atomic E-state index is 13.4. The van der Waals surface area contributed by atoms with Gasteiger partial charge >= 0.3 is 11.9 Å². The monoisotopic (exact) mass is 288 g/mol. The van der Waals surface area contributed by atoms with E-state index >= 15 is 0 Å². The van der Waals surface area contributed by atoms with E-state index in [0.717, 1.165) is 6.07 Å². The Kier molecular flexibility index (Phi) is 4.33. The molecule has 0 bridgehead atoms. The Morgan fingerprint density at radius 3 is 2.14 bits per heavy atom. The van der Waals surface area contributed by atoms with Gasteiger partial charge in [0, 0.05) is 0 Å². The molecule has 21 heavy (non-hydrogen) atoms. The highest BCUT2D eigenvalue weighted by atomic mass is 19.1. The smallest absolute Gasteiger partial charge is 0.343 e. The van der Waals surface area contributed by atoms with Crippen molar-refractivity contribution in [2.75, 3.05) is 7.11 Å².